The highest BCUT2D eigenvalue weighted by Gasteiger charge is 2.34. The first-order valence-electron chi connectivity index (χ1n) is 9.81. The normalized spacial score (nSPS) is 15.3. The van der Waals surface area contributed by atoms with Gasteiger partial charge >= 0.3 is 0 Å². The molecule has 5 nitrogen and oxygen atoms in total. The zero-order valence-corrected chi connectivity index (χ0v) is 18.3. The van der Waals surface area contributed by atoms with Crippen molar-refractivity contribution < 1.29 is 14.3 Å². The molecule has 0 aliphatic carbocycles. The largest absolute Gasteiger partial charge is 0.457 e. The molecule has 0 saturated carbocycles. The fraction of sp³-hybridized carbons (Fsp3) is 0. The summed E-state index contributed by atoms with van der Waals surface area (Å²) in [6, 6.07) is 24.3. The second-order valence-electron chi connectivity index (χ2n) is 7.05. The van der Waals surface area contributed by atoms with Gasteiger partial charge in [-0.05, 0) is 77.1 Å². The van der Waals surface area contributed by atoms with Crippen molar-refractivity contribution in [2.75, 3.05) is 4.90 Å². The smallest absolute Gasteiger partial charge is 0.270 e. The number of benzene rings is 3. The van der Waals surface area contributed by atoms with Crippen molar-refractivity contribution in [3.05, 3.63) is 95.4 Å². The van der Waals surface area contributed by atoms with E-state index in [1.54, 1.807) is 41.7 Å². The number of carbonyl (C=O) groups excluding carboxylic acids is 2. The van der Waals surface area contributed by atoms with Crippen LogP contribution < -0.4 is 15.0 Å². The monoisotopic (exact) mass is 456 g/mol. The van der Waals surface area contributed by atoms with E-state index in [-0.39, 0.29) is 10.7 Å². The van der Waals surface area contributed by atoms with Gasteiger partial charge in [0.2, 0.25) is 0 Å². The zero-order valence-electron chi connectivity index (χ0n) is 16.6. The van der Waals surface area contributed by atoms with Crippen LogP contribution in [-0.4, -0.2) is 16.9 Å². The van der Waals surface area contributed by atoms with Gasteiger partial charge < -0.3 is 4.74 Å². The molecule has 2 amide bonds. The third kappa shape index (κ3) is 3.79. The Morgan fingerprint density at radius 2 is 1.56 bits per heavy atom. The van der Waals surface area contributed by atoms with Crippen LogP contribution >= 0.6 is 23.6 Å². The Bertz CT molecular complexity index is 1380. The maximum absolute atomic E-state index is 13.3. The van der Waals surface area contributed by atoms with Crippen LogP contribution in [-0.2, 0) is 9.59 Å². The molecule has 3 aromatic carbocycles. The van der Waals surface area contributed by atoms with E-state index >= 15 is 0 Å². The molecule has 1 aliphatic heterocycles. The molecule has 1 fully saturated rings. The molecule has 0 radical (unpaired) electrons. The highest BCUT2D eigenvalue weighted by atomic mass is 32.1. The summed E-state index contributed by atoms with van der Waals surface area (Å²) in [6.07, 6.45) is 1.62. The van der Waals surface area contributed by atoms with Crippen molar-refractivity contribution in [2.45, 2.75) is 0 Å². The fourth-order valence-corrected chi connectivity index (χ4v) is 4.65. The average molecular weight is 457 g/mol. The number of nitrogens with zero attached hydrogens (tertiary/aromatic N) is 1. The highest BCUT2D eigenvalue weighted by Crippen LogP contribution is 2.30. The van der Waals surface area contributed by atoms with Crippen LogP contribution in [0.2, 0.25) is 0 Å². The molecule has 1 aliphatic rings. The Morgan fingerprint density at radius 1 is 0.875 bits per heavy atom. The number of para-hydroxylation sites is 1. The number of carbonyl (C=O) groups is 2. The summed E-state index contributed by atoms with van der Waals surface area (Å²) >= 11 is 6.86. The third-order valence-corrected chi connectivity index (χ3v) is 6.25. The Balaban J connectivity index is 1.44. The second kappa shape index (κ2) is 8.37. The van der Waals surface area contributed by atoms with Gasteiger partial charge in [-0.25, -0.2) is 0 Å². The van der Waals surface area contributed by atoms with E-state index < -0.39 is 11.8 Å². The molecule has 0 atom stereocenters. The molecular formula is C25H16N2O3S2. The number of thiophene rings is 1. The van der Waals surface area contributed by atoms with Crippen molar-refractivity contribution in [3.8, 4) is 11.5 Å². The van der Waals surface area contributed by atoms with Crippen LogP contribution in [0.4, 0.5) is 5.69 Å². The van der Waals surface area contributed by atoms with Gasteiger partial charge in [0.25, 0.3) is 11.8 Å². The minimum absolute atomic E-state index is 0.0340. The van der Waals surface area contributed by atoms with Crippen molar-refractivity contribution in [1.29, 1.82) is 0 Å². The number of hydrogen-bond acceptors (Lipinski definition) is 5. The summed E-state index contributed by atoms with van der Waals surface area (Å²) in [5, 5.41) is 5.60. The molecule has 1 N–H and O–H groups in total. The average Bonchev–Trinajstić information content (AvgIpc) is 3.21. The number of rotatable bonds is 4. The number of ether oxygens (including phenoxy) is 1. The van der Waals surface area contributed by atoms with Gasteiger partial charge in [0.05, 0.1) is 5.69 Å². The van der Waals surface area contributed by atoms with E-state index in [1.165, 1.54) is 4.90 Å². The third-order valence-electron chi connectivity index (χ3n) is 4.99. The Kier molecular flexibility index (Phi) is 5.26. The number of anilines is 1. The summed E-state index contributed by atoms with van der Waals surface area (Å²) in [6.45, 7) is 0. The van der Waals surface area contributed by atoms with Crippen LogP contribution in [0.5, 0.6) is 11.5 Å². The van der Waals surface area contributed by atoms with E-state index in [2.05, 4.69) is 5.32 Å². The number of thiocarbonyl (C=S) groups is 1. The molecule has 32 heavy (non-hydrogen) atoms. The summed E-state index contributed by atoms with van der Waals surface area (Å²) in [7, 11) is 0. The highest BCUT2D eigenvalue weighted by molar-refractivity contribution is 7.80. The van der Waals surface area contributed by atoms with Crippen molar-refractivity contribution >= 4 is 62.3 Å². The predicted molar refractivity (Wildman–Crippen MR) is 131 cm³/mol. The summed E-state index contributed by atoms with van der Waals surface area (Å²) in [5.74, 6) is 0.367. The lowest BCUT2D eigenvalue weighted by Crippen LogP contribution is -2.54. The first-order valence-corrected chi connectivity index (χ1v) is 11.1. The molecule has 2 heterocycles. The van der Waals surface area contributed by atoms with E-state index in [4.69, 9.17) is 17.0 Å². The molecule has 0 spiro atoms. The first-order chi connectivity index (χ1) is 15.6. The van der Waals surface area contributed by atoms with Gasteiger partial charge in [0, 0.05) is 4.70 Å². The number of nitrogens with one attached hydrogen (secondary N) is 1. The van der Waals surface area contributed by atoms with Gasteiger partial charge in [-0.3, -0.25) is 19.8 Å². The molecule has 1 saturated heterocycles. The van der Waals surface area contributed by atoms with Crippen molar-refractivity contribution in [1.82, 2.24) is 5.32 Å². The number of hydrogen-bond donors (Lipinski definition) is 1. The summed E-state index contributed by atoms with van der Waals surface area (Å²) in [5.41, 5.74) is 1.40. The lowest BCUT2D eigenvalue weighted by Gasteiger charge is -2.29. The maximum atomic E-state index is 13.3. The van der Waals surface area contributed by atoms with Gasteiger partial charge in [0.1, 0.15) is 17.1 Å². The lowest BCUT2D eigenvalue weighted by atomic mass is 10.1. The fourth-order valence-electron chi connectivity index (χ4n) is 3.45. The number of amides is 2. The molecule has 7 heteroatoms. The van der Waals surface area contributed by atoms with E-state index in [0.717, 1.165) is 15.6 Å². The van der Waals surface area contributed by atoms with Crippen LogP contribution in [0.15, 0.2) is 89.8 Å². The quantitative estimate of drug-likeness (QED) is 0.249. The molecule has 156 valence electrons. The van der Waals surface area contributed by atoms with E-state index in [9.17, 15) is 9.59 Å². The van der Waals surface area contributed by atoms with Crippen LogP contribution in [0.1, 0.15) is 5.56 Å². The van der Waals surface area contributed by atoms with Crippen molar-refractivity contribution in [2.24, 2.45) is 0 Å². The topological polar surface area (TPSA) is 58.6 Å². The number of fused-ring (bicyclic) bond motifs is 1. The van der Waals surface area contributed by atoms with Crippen LogP contribution in [0.3, 0.4) is 0 Å². The van der Waals surface area contributed by atoms with Gasteiger partial charge in [0.15, 0.2) is 5.11 Å². The molecule has 1 aromatic heterocycles. The van der Waals surface area contributed by atoms with Gasteiger partial charge in [-0.1, -0.05) is 36.4 Å². The first kappa shape index (κ1) is 20.1. The minimum Gasteiger partial charge on any atom is -0.457 e. The Hall–Kier alpha value is -3.81. The molecular weight excluding hydrogens is 440 g/mol. The Labute approximate surface area is 193 Å². The molecule has 0 bridgehead atoms. The van der Waals surface area contributed by atoms with E-state index in [0.29, 0.717) is 17.2 Å². The standard InChI is InChI=1S/C25H16N2O3S2/c28-23-21(14-16-15-32-22-9-5-4-8-20(16)22)24(29)27(25(31)26-23)17-10-12-19(13-11-17)30-18-6-2-1-3-7-18/h1-15H,(H,26,28,31). The maximum Gasteiger partial charge on any atom is 0.270 e. The van der Waals surface area contributed by atoms with E-state index in [1.807, 2.05) is 60.0 Å². The summed E-state index contributed by atoms with van der Waals surface area (Å²) in [4.78, 5) is 27.2. The van der Waals surface area contributed by atoms with Crippen LogP contribution in [0, 0.1) is 0 Å². The minimum atomic E-state index is -0.504. The van der Waals surface area contributed by atoms with Crippen LogP contribution in [0.25, 0.3) is 16.2 Å². The predicted octanol–water partition coefficient (Wildman–Crippen LogP) is 5.52. The zero-order chi connectivity index (χ0) is 22.1. The SMILES string of the molecule is O=C1NC(=S)N(c2ccc(Oc3ccccc3)cc2)C(=O)C1=Cc1csc2ccccc12. The van der Waals surface area contributed by atoms with Crippen molar-refractivity contribution in [3.63, 3.8) is 0 Å². The molecule has 0 unspecified atom stereocenters. The van der Waals surface area contributed by atoms with Gasteiger partial charge in [-0.2, -0.15) is 0 Å². The second-order valence-corrected chi connectivity index (χ2v) is 8.35. The Morgan fingerprint density at radius 3 is 2.34 bits per heavy atom. The molecule has 4 aromatic rings. The van der Waals surface area contributed by atoms with Gasteiger partial charge in [-0.15, -0.1) is 11.3 Å². The summed E-state index contributed by atoms with van der Waals surface area (Å²) < 4.78 is 6.89. The molecule has 5 rings (SSSR count). The lowest BCUT2D eigenvalue weighted by molar-refractivity contribution is -0.122.